The molecule has 0 N–H and O–H groups in total. The molecule has 1 aromatic carbocycles. The maximum Gasteiger partial charge on any atom is 0.161 e. The quantitative estimate of drug-likeness (QED) is 0.677. The van der Waals surface area contributed by atoms with Crippen LogP contribution in [0.15, 0.2) is 0 Å². The summed E-state index contributed by atoms with van der Waals surface area (Å²) in [7, 11) is 0. The standard InChI is InChI=1S/C11FN5.4FH/c12-11-9(4-16)7(2-14)6(1-13)8(3-15)10(11)5-17;;;;/h;4*1H. The molecule has 21 heavy (non-hydrogen) atoms. The van der Waals surface area contributed by atoms with Crippen LogP contribution in [0.3, 0.4) is 0 Å². The highest BCUT2D eigenvalue weighted by molar-refractivity contribution is 5.67. The fourth-order valence-electron chi connectivity index (χ4n) is 1.26. The molecular weight excluding hydrogens is 297 g/mol. The summed E-state index contributed by atoms with van der Waals surface area (Å²) in [6.45, 7) is 0. The highest BCUT2D eigenvalue weighted by atomic mass is 19.1. The van der Waals surface area contributed by atoms with Crippen LogP contribution in [-0.2, 0) is 0 Å². The van der Waals surface area contributed by atoms with Gasteiger partial charge in [0.2, 0.25) is 0 Å². The average molecular weight is 301 g/mol. The first-order valence-electron chi connectivity index (χ1n) is 4.06. The van der Waals surface area contributed by atoms with Gasteiger partial charge in [0.25, 0.3) is 0 Å². The number of hydrogen-bond donors (Lipinski definition) is 0. The number of nitriles is 5. The van der Waals surface area contributed by atoms with Crippen LogP contribution in [0.1, 0.15) is 27.8 Å². The molecule has 0 heterocycles. The third kappa shape index (κ3) is 3.64. The van der Waals surface area contributed by atoms with Gasteiger partial charge in [-0.05, 0) is 0 Å². The van der Waals surface area contributed by atoms with Crippen molar-refractivity contribution < 1.29 is 23.2 Å². The summed E-state index contributed by atoms with van der Waals surface area (Å²) in [5, 5.41) is 43.7. The van der Waals surface area contributed by atoms with Crippen molar-refractivity contribution in [3.8, 4) is 30.3 Å². The lowest BCUT2D eigenvalue weighted by atomic mass is 9.93. The summed E-state index contributed by atoms with van der Waals surface area (Å²) >= 11 is 0. The molecule has 1 rings (SSSR count). The Bertz CT molecular complexity index is 671. The van der Waals surface area contributed by atoms with Gasteiger partial charge in [0.05, 0.1) is 16.7 Å². The minimum absolute atomic E-state index is 0. The smallest absolute Gasteiger partial charge is 0.161 e. The van der Waals surface area contributed by atoms with E-state index in [2.05, 4.69) is 0 Å². The van der Waals surface area contributed by atoms with E-state index in [-0.39, 0.29) is 18.8 Å². The van der Waals surface area contributed by atoms with E-state index in [1.165, 1.54) is 30.3 Å². The first-order chi connectivity index (χ1) is 8.15. The third-order valence-electron chi connectivity index (χ3n) is 2.00. The molecule has 1 aromatic rings. The zero-order valence-corrected chi connectivity index (χ0v) is 9.75. The molecule has 0 fully saturated rings. The Morgan fingerprint density at radius 3 is 0.857 bits per heavy atom. The van der Waals surface area contributed by atoms with Crippen LogP contribution in [0.5, 0.6) is 0 Å². The maximum atomic E-state index is 13.6. The maximum absolute atomic E-state index is 13.6. The molecule has 0 spiro atoms. The first-order valence-corrected chi connectivity index (χ1v) is 4.06. The Morgan fingerprint density at radius 2 is 0.667 bits per heavy atom. The molecule has 0 aromatic heterocycles. The normalized spacial score (nSPS) is 6.48. The average Bonchev–Trinajstić information content (AvgIpc) is 2.36. The molecule has 0 atom stereocenters. The Labute approximate surface area is 114 Å². The van der Waals surface area contributed by atoms with Crippen LogP contribution in [-0.4, -0.2) is 0 Å². The van der Waals surface area contributed by atoms with E-state index < -0.39 is 33.6 Å². The van der Waals surface area contributed by atoms with Crippen molar-refractivity contribution in [1.29, 1.82) is 26.3 Å². The Morgan fingerprint density at radius 1 is 0.476 bits per heavy atom. The monoisotopic (exact) mass is 301 g/mol. The van der Waals surface area contributed by atoms with Gasteiger partial charge in [-0.1, -0.05) is 0 Å². The van der Waals surface area contributed by atoms with Crippen molar-refractivity contribution in [2.45, 2.75) is 0 Å². The summed E-state index contributed by atoms with van der Waals surface area (Å²) in [6, 6.07) is 7.32. The second kappa shape index (κ2) is 10.3. The molecule has 0 aliphatic carbocycles. The summed E-state index contributed by atoms with van der Waals surface area (Å²) in [4.78, 5) is 0. The molecule has 0 saturated carbocycles. The van der Waals surface area contributed by atoms with Crippen LogP contribution in [0.2, 0.25) is 0 Å². The number of hydrogen-bond acceptors (Lipinski definition) is 5. The van der Waals surface area contributed by atoms with Gasteiger partial charge >= 0.3 is 0 Å². The van der Waals surface area contributed by atoms with Crippen LogP contribution in [0.25, 0.3) is 0 Å². The van der Waals surface area contributed by atoms with Crippen LogP contribution < -0.4 is 0 Å². The topological polar surface area (TPSA) is 119 Å². The molecule has 0 aliphatic rings. The number of benzene rings is 1. The van der Waals surface area contributed by atoms with Gasteiger partial charge in [-0.2, -0.15) is 26.3 Å². The lowest BCUT2D eigenvalue weighted by molar-refractivity contribution is 0.618. The Balaban J connectivity index is -0.000000361. The minimum Gasteiger partial charge on any atom is -0.269 e. The predicted molar refractivity (Wildman–Crippen MR) is 60.0 cm³/mol. The second-order valence-electron chi connectivity index (χ2n) is 2.75. The lowest BCUT2D eigenvalue weighted by Crippen LogP contribution is -2.03. The number of halogens is 5. The summed E-state index contributed by atoms with van der Waals surface area (Å²) < 4.78 is 13.6. The van der Waals surface area contributed by atoms with Gasteiger partial charge in [-0.3, -0.25) is 18.8 Å². The van der Waals surface area contributed by atoms with E-state index in [4.69, 9.17) is 26.3 Å². The van der Waals surface area contributed by atoms with E-state index in [0.29, 0.717) is 0 Å². The van der Waals surface area contributed by atoms with Gasteiger partial charge in [-0.15, -0.1) is 0 Å². The summed E-state index contributed by atoms with van der Waals surface area (Å²) in [5.74, 6) is -1.25. The van der Waals surface area contributed by atoms with Crippen molar-refractivity contribution in [3.05, 3.63) is 33.6 Å². The number of nitrogens with zero attached hydrogens (tertiary/aromatic N) is 5. The molecule has 0 radical (unpaired) electrons. The van der Waals surface area contributed by atoms with E-state index in [1.54, 1.807) is 0 Å². The zero-order valence-electron chi connectivity index (χ0n) is 9.75. The van der Waals surface area contributed by atoms with Crippen molar-refractivity contribution in [2.24, 2.45) is 0 Å². The molecule has 0 aliphatic heterocycles. The fourth-order valence-corrected chi connectivity index (χ4v) is 1.26. The zero-order chi connectivity index (χ0) is 13.0. The molecule has 0 unspecified atom stereocenters. The molecule has 10 heteroatoms. The minimum atomic E-state index is -1.25. The van der Waals surface area contributed by atoms with Crippen molar-refractivity contribution in [3.63, 3.8) is 0 Å². The van der Waals surface area contributed by atoms with E-state index >= 15 is 0 Å². The Hall–Kier alpha value is -3.68. The summed E-state index contributed by atoms with van der Waals surface area (Å²) in [5.41, 5.74) is -2.89. The van der Waals surface area contributed by atoms with Gasteiger partial charge in [0.15, 0.2) is 5.82 Å². The third-order valence-corrected chi connectivity index (χ3v) is 2.00. The summed E-state index contributed by atoms with van der Waals surface area (Å²) in [6.07, 6.45) is 0. The van der Waals surface area contributed by atoms with Crippen molar-refractivity contribution >= 4 is 0 Å². The van der Waals surface area contributed by atoms with Crippen LogP contribution >= 0.6 is 0 Å². The Kier molecular flexibility index (Phi) is 12.7. The number of rotatable bonds is 0. The molecule has 5 nitrogen and oxygen atoms in total. The highest BCUT2D eigenvalue weighted by Gasteiger charge is 2.24. The van der Waals surface area contributed by atoms with Gasteiger partial charge in [0, 0.05) is 0 Å². The molecule has 0 bridgehead atoms. The first kappa shape index (κ1) is 26.0. The van der Waals surface area contributed by atoms with Crippen LogP contribution in [0.4, 0.5) is 23.2 Å². The van der Waals surface area contributed by atoms with E-state index in [1.807, 2.05) is 0 Å². The second-order valence-corrected chi connectivity index (χ2v) is 2.75. The largest absolute Gasteiger partial charge is 0.269 e. The van der Waals surface area contributed by atoms with Crippen LogP contribution in [0, 0.1) is 62.5 Å². The van der Waals surface area contributed by atoms with Gasteiger partial charge in [0.1, 0.15) is 41.5 Å². The predicted octanol–water partition coefficient (Wildman–Crippen LogP) is 1.79. The molecular formula is C11H4F5N5. The molecule has 0 amide bonds. The fraction of sp³-hybridized carbons (Fsp3) is 0. The molecule has 108 valence electrons. The SMILES string of the molecule is F.F.F.F.N#Cc1c(F)c(C#N)c(C#N)c(C#N)c1C#N. The van der Waals surface area contributed by atoms with Gasteiger partial charge < -0.3 is 0 Å². The van der Waals surface area contributed by atoms with E-state index in [0.717, 1.165) is 0 Å². The molecule has 0 saturated heterocycles. The van der Waals surface area contributed by atoms with Crippen molar-refractivity contribution in [2.75, 3.05) is 0 Å². The van der Waals surface area contributed by atoms with Crippen molar-refractivity contribution in [1.82, 2.24) is 0 Å². The van der Waals surface area contributed by atoms with E-state index in [9.17, 15) is 4.39 Å². The lowest BCUT2D eigenvalue weighted by Gasteiger charge is -2.04. The van der Waals surface area contributed by atoms with Gasteiger partial charge in [-0.25, -0.2) is 4.39 Å². The highest BCUT2D eigenvalue weighted by Crippen LogP contribution is 2.25.